The Morgan fingerprint density at radius 2 is 1.24 bits per heavy atom. The second-order valence-corrected chi connectivity index (χ2v) is 12.0. The van der Waals surface area contributed by atoms with E-state index in [1.807, 2.05) is 31.2 Å². The minimum Gasteiger partial charge on any atom is -0.494 e. The third kappa shape index (κ3) is 35.3. The number of aromatic nitrogens is 4. The molecule has 0 aliphatic carbocycles. The van der Waals surface area contributed by atoms with E-state index in [4.69, 9.17) is 19.9 Å². The summed E-state index contributed by atoms with van der Waals surface area (Å²) in [6.07, 6.45) is 22.4. The van der Waals surface area contributed by atoms with Gasteiger partial charge in [-0.2, -0.15) is 5.21 Å². The lowest BCUT2D eigenvalue weighted by molar-refractivity contribution is -0.119. The lowest BCUT2D eigenvalue weighted by Gasteiger charge is -2.07. The first-order valence-corrected chi connectivity index (χ1v) is 18.0. The maximum atomic E-state index is 11.9. The summed E-state index contributed by atoms with van der Waals surface area (Å²) in [4.78, 5) is 11.9. The predicted octanol–water partition coefficient (Wildman–Crippen LogP) is 7.94. The molecule has 0 amide bonds. The number of benzene rings is 1. The van der Waals surface area contributed by atoms with Crippen LogP contribution in [0.15, 0.2) is 24.3 Å². The van der Waals surface area contributed by atoms with Crippen LogP contribution < -0.4 is 22.8 Å². The van der Waals surface area contributed by atoms with Gasteiger partial charge in [0.25, 0.3) is 0 Å². The summed E-state index contributed by atoms with van der Waals surface area (Å²) >= 11 is 0. The van der Waals surface area contributed by atoms with Gasteiger partial charge in [0.1, 0.15) is 11.5 Å². The molecule has 1 heterocycles. The highest BCUT2D eigenvalue weighted by Crippen LogP contribution is 2.19. The van der Waals surface area contributed by atoms with Crippen LogP contribution in [0.4, 0.5) is 0 Å². The zero-order valence-electron chi connectivity index (χ0n) is 31.3. The Bertz CT molecular complexity index is 906. The fraction of sp³-hybridized carbons (Fsp3) is 0.784. The standard InChI is InChI=1S/C30H50N4O4.C6H15N.CH4.2H3N.2H2O/c1-2-36-25-26-37-23-16-18-28(35)17-14-12-10-8-6-4-3-5-7-9-11-13-15-24-38-29-21-19-27(20-22-29)30-31-33-34-32-30;1-3-4-5-6(2)7;;;;;/h19-22H,2-18,23-26H2,1H3,(H,31,32,33,34);6H,3-5,7H2,1-2H3;1H4;2*1H3;2*1H2/t;6-;;;;;/m.1...../s1. The molecule has 0 bridgehead atoms. The average molecular weight is 718 g/mol. The van der Waals surface area contributed by atoms with Crippen molar-refractivity contribution in [3.63, 3.8) is 0 Å². The van der Waals surface area contributed by atoms with Gasteiger partial charge in [-0.25, -0.2) is 0 Å². The molecule has 0 unspecified atom stereocenters. The highest BCUT2D eigenvalue weighted by Gasteiger charge is 2.04. The number of H-pyrrole nitrogens is 1. The molecule has 13 nitrogen and oxygen atoms in total. The number of unbranched alkanes of at least 4 members (excludes halogenated alkanes) is 13. The molecule has 0 fully saturated rings. The number of rotatable bonds is 29. The van der Waals surface area contributed by atoms with Gasteiger partial charge in [0.05, 0.1) is 19.8 Å². The lowest BCUT2D eigenvalue weighted by atomic mass is 10.0. The molecule has 0 aliphatic heterocycles. The van der Waals surface area contributed by atoms with E-state index >= 15 is 0 Å². The number of ketones is 1. The van der Waals surface area contributed by atoms with Crippen LogP contribution in [-0.2, 0) is 14.3 Å². The molecule has 0 saturated carbocycles. The predicted molar refractivity (Wildman–Crippen MR) is 208 cm³/mol. The minimum atomic E-state index is 0. The van der Waals surface area contributed by atoms with Crippen molar-refractivity contribution < 1.29 is 30.0 Å². The van der Waals surface area contributed by atoms with Gasteiger partial charge in [0.2, 0.25) is 5.82 Å². The van der Waals surface area contributed by atoms with E-state index in [0.717, 1.165) is 50.2 Å². The summed E-state index contributed by atoms with van der Waals surface area (Å²) < 4.78 is 16.5. The molecule has 2 aromatic rings. The molecule has 298 valence electrons. The fourth-order valence-corrected chi connectivity index (χ4v) is 4.93. The molecule has 13 heteroatoms. The molecular weight excluding hydrogens is 638 g/mol. The quantitative estimate of drug-likeness (QED) is 0.0590. The third-order valence-corrected chi connectivity index (χ3v) is 7.66. The van der Waals surface area contributed by atoms with Crippen LogP contribution in [0, 0.1) is 0 Å². The molecular formula is C37H79N7O6. The number of hydrogen-bond donors (Lipinski definition) is 4. The van der Waals surface area contributed by atoms with Gasteiger partial charge >= 0.3 is 0 Å². The molecule has 2 rings (SSSR count). The summed E-state index contributed by atoms with van der Waals surface area (Å²) in [5.41, 5.74) is 6.41. The number of hydrogen-bond acceptors (Lipinski definition) is 10. The zero-order valence-corrected chi connectivity index (χ0v) is 31.3. The Labute approximate surface area is 304 Å². The Morgan fingerprint density at radius 1 is 0.720 bits per heavy atom. The first-order chi connectivity index (χ1) is 22.1. The summed E-state index contributed by atoms with van der Waals surface area (Å²) in [7, 11) is 0. The van der Waals surface area contributed by atoms with Gasteiger partial charge in [-0.1, -0.05) is 97.8 Å². The first-order valence-electron chi connectivity index (χ1n) is 18.0. The first kappa shape index (κ1) is 56.8. The molecule has 1 atom stereocenters. The summed E-state index contributed by atoms with van der Waals surface area (Å²) in [6.45, 7) is 9.63. The number of nitrogens with zero attached hydrogens (tertiary/aromatic N) is 3. The van der Waals surface area contributed by atoms with E-state index in [9.17, 15) is 4.79 Å². The van der Waals surface area contributed by atoms with E-state index in [1.54, 1.807) is 0 Å². The molecule has 0 radical (unpaired) electrons. The van der Waals surface area contributed by atoms with Crippen molar-refractivity contribution in [1.29, 1.82) is 0 Å². The zero-order chi connectivity index (χ0) is 32.6. The number of aromatic amines is 1. The van der Waals surface area contributed by atoms with Crippen LogP contribution in [0.5, 0.6) is 5.75 Å². The van der Waals surface area contributed by atoms with Gasteiger partial charge < -0.3 is 43.2 Å². The SMILES string of the molecule is C.CCCC[C@@H](C)N.CCOCCOCCCC(=O)CCCCCCCCCCCCCCCOc1ccc(-c2nn[nH]n2)cc1.N.N.O.O. The Kier molecular flexibility index (Phi) is 48.5. The van der Waals surface area contributed by atoms with Gasteiger partial charge in [-0.15, -0.1) is 10.2 Å². The fourth-order valence-electron chi connectivity index (χ4n) is 4.93. The smallest absolute Gasteiger partial charge is 0.204 e. The van der Waals surface area contributed by atoms with Gasteiger partial charge in [0.15, 0.2) is 0 Å². The van der Waals surface area contributed by atoms with E-state index in [1.165, 1.54) is 89.9 Å². The number of carbonyl (C=O) groups excluding carboxylic acids is 1. The Hall–Kier alpha value is -2.52. The lowest BCUT2D eigenvalue weighted by Crippen LogP contribution is -2.13. The van der Waals surface area contributed by atoms with E-state index < -0.39 is 0 Å². The number of carbonyl (C=O) groups is 1. The molecule has 13 N–H and O–H groups in total. The second kappa shape index (κ2) is 42.6. The topological polar surface area (TPSA) is 258 Å². The number of nitrogens with one attached hydrogen (secondary N) is 1. The minimum absolute atomic E-state index is 0. The Morgan fingerprint density at radius 3 is 1.72 bits per heavy atom. The molecule has 0 saturated heterocycles. The molecule has 50 heavy (non-hydrogen) atoms. The number of nitrogens with two attached hydrogens (primary N) is 1. The van der Waals surface area contributed by atoms with Crippen molar-refractivity contribution in [3.05, 3.63) is 24.3 Å². The van der Waals surface area contributed by atoms with Crippen molar-refractivity contribution in [3.8, 4) is 17.1 Å². The average Bonchev–Trinajstić information content (AvgIpc) is 3.59. The largest absolute Gasteiger partial charge is 0.494 e. The maximum Gasteiger partial charge on any atom is 0.204 e. The highest BCUT2D eigenvalue weighted by molar-refractivity contribution is 5.78. The maximum absolute atomic E-state index is 11.9. The monoisotopic (exact) mass is 718 g/mol. The van der Waals surface area contributed by atoms with Gasteiger partial charge in [0, 0.05) is 37.7 Å². The van der Waals surface area contributed by atoms with Crippen LogP contribution in [-0.4, -0.2) is 76.4 Å². The van der Waals surface area contributed by atoms with Gasteiger partial charge in [-0.3, -0.25) is 4.79 Å². The Balaban J connectivity index is -0.000000508. The molecule has 1 aromatic carbocycles. The van der Waals surface area contributed by atoms with E-state index in [-0.39, 0.29) is 30.7 Å². The van der Waals surface area contributed by atoms with Crippen molar-refractivity contribution >= 4 is 5.78 Å². The van der Waals surface area contributed by atoms with Crippen molar-refractivity contribution in [2.45, 2.75) is 156 Å². The van der Waals surface area contributed by atoms with E-state index in [2.05, 4.69) is 34.5 Å². The third-order valence-electron chi connectivity index (χ3n) is 7.66. The summed E-state index contributed by atoms with van der Waals surface area (Å²) in [5.74, 6) is 1.87. The van der Waals surface area contributed by atoms with Crippen molar-refractivity contribution in [1.82, 2.24) is 32.9 Å². The molecule has 0 spiro atoms. The van der Waals surface area contributed by atoms with Crippen LogP contribution in [0.1, 0.15) is 150 Å². The highest BCUT2D eigenvalue weighted by atomic mass is 16.5. The molecule has 0 aliphatic rings. The number of ether oxygens (including phenoxy) is 3. The summed E-state index contributed by atoms with van der Waals surface area (Å²) in [5, 5.41) is 14.0. The summed E-state index contributed by atoms with van der Waals surface area (Å²) in [6, 6.07) is 8.22. The molecule has 1 aromatic heterocycles. The van der Waals surface area contributed by atoms with Crippen LogP contribution in [0.2, 0.25) is 0 Å². The van der Waals surface area contributed by atoms with E-state index in [0.29, 0.717) is 43.9 Å². The van der Waals surface area contributed by atoms with Crippen LogP contribution in [0.25, 0.3) is 11.4 Å². The van der Waals surface area contributed by atoms with Crippen molar-refractivity contribution in [2.75, 3.05) is 33.0 Å². The second-order valence-electron chi connectivity index (χ2n) is 12.0. The number of Topliss-reactive ketones (excluding diaryl/α,β-unsaturated/α-hetero) is 1. The normalized spacial score (nSPS) is 10.5. The van der Waals surface area contributed by atoms with Crippen LogP contribution >= 0.6 is 0 Å². The van der Waals surface area contributed by atoms with Gasteiger partial charge in [-0.05, 0) is 69.0 Å². The van der Waals surface area contributed by atoms with Crippen molar-refractivity contribution in [2.24, 2.45) is 5.73 Å². The van der Waals surface area contributed by atoms with Crippen LogP contribution in [0.3, 0.4) is 0 Å². The number of tetrazole rings is 1.